The summed E-state index contributed by atoms with van der Waals surface area (Å²) in [6, 6.07) is 14.3. The summed E-state index contributed by atoms with van der Waals surface area (Å²) in [5.74, 6) is -0.828. The van der Waals surface area contributed by atoms with Gasteiger partial charge in [0.1, 0.15) is 5.82 Å². The van der Waals surface area contributed by atoms with Gasteiger partial charge in [-0.25, -0.2) is 12.8 Å². The quantitative estimate of drug-likeness (QED) is 0.721. The van der Waals surface area contributed by atoms with Crippen LogP contribution in [0.15, 0.2) is 59.5 Å². The molecule has 7 heteroatoms. The third kappa shape index (κ3) is 4.11. The molecule has 26 heavy (non-hydrogen) atoms. The fraction of sp³-hybridized carbons (Fsp3) is 0.211. The molecule has 136 valence electrons. The number of hydrogen-bond donors (Lipinski definition) is 1. The molecule has 3 rings (SSSR count). The van der Waals surface area contributed by atoms with E-state index < -0.39 is 9.84 Å². The first-order valence-corrected chi connectivity index (χ1v) is 9.79. The van der Waals surface area contributed by atoms with Crippen molar-refractivity contribution in [3.05, 3.63) is 66.1 Å². The Bertz CT molecular complexity index is 1030. The van der Waals surface area contributed by atoms with Crippen molar-refractivity contribution in [1.82, 2.24) is 9.88 Å². The number of nitrogens with zero attached hydrogens (tertiary/aromatic N) is 1. The van der Waals surface area contributed by atoms with E-state index in [2.05, 4.69) is 4.98 Å². The number of nitrogens with one attached hydrogen (secondary N) is 1. The summed E-state index contributed by atoms with van der Waals surface area (Å²) in [4.78, 5) is 17.1. The van der Waals surface area contributed by atoms with E-state index in [4.69, 9.17) is 0 Å². The SMILES string of the molecule is CN(Cc1cc2cc(F)ccc2[nH]1)C(=O)CCS(=O)(=O)c1ccccc1. The van der Waals surface area contributed by atoms with Gasteiger partial charge < -0.3 is 9.88 Å². The number of H-pyrrole nitrogens is 1. The van der Waals surface area contributed by atoms with Crippen LogP contribution < -0.4 is 0 Å². The van der Waals surface area contributed by atoms with Crippen LogP contribution in [0.5, 0.6) is 0 Å². The maximum absolute atomic E-state index is 13.3. The molecule has 0 atom stereocenters. The fourth-order valence-corrected chi connectivity index (χ4v) is 4.00. The van der Waals surface area contributed by atoms with E-state index in [9.17, 15) is 17.6 Å². The van der Waals surface area contributed by atoms with E-state index in [0.29, 0.717) is 6.54 Å². The summed E-state index contributed by atoms with van der Waals surface area (Å²) >= 11 is 0. The molecule has 0 aliphatic rings. The number of sulfone groups is 1. The molecule has 2 aromatic carbocycles. The maximum atomic E-state index is 13.3. The van der Waals surface area contributed by atoms with Gasteiger partial charge in [0.05, 0.1) is 17.2 Å². The second-order valence-electron chi connectivity index (χ2n) is 6.16. The Balaban J connectivity index is 1.62. The van der Waals surface area contributed by atoms with E-state index >= 15 is 0 Å². The zero-order valence-corrected chi connectivity index (χ0v) is 15.1. The number of aromatic amines is 1. The van der Waals surface area contributed by atoms with Crippen LogP contribution in [0.4, 0.5) is 4.39 Å². The standard InChI is InChI=1S/C19H19FN2O3S/c1-22(13-16-12-14-11-15(20)7-8-18(14)21-16)19(23)9-10-26(24,25)17-5-3-2-4-6-17/h2-8,11-12,21H,9-10,13H2,1H3. The molecule has 1 N–H and O–H groups in total. The Labute approximate surface area is 151 Å². The molecule has 0 unspecified atom stereocenters. The molecule has 1 heterocycles. The molecular weight excluding hydrogens is 355 g/mol. The van der Waals surface area contributed by atoms with Crippen LogP contribution in [0.1, 0.15) is 12.1 Å². The second-order valence-corrected chi connectivity index (χ2v) is 8.27. The largest absolute Gasteiger partial charge is 0.357 e. The molecule has 0 fully saturated rings. The number of hydrogen-bond acceptors (Lipinski definition) is 3. The molecule has 5 nitrogen and oxygen atoms in total. The van der Waals surface area contributed by atoms with Crippen LogP contribution in [0, 0.1) is 5.82 Å². The van der Waals surface area contributed by atoms with Gasteiger partial charge in [-0.05, 0) is 36.4 Å². The van der Waals surface area contributed by atoms with Gasteiger partial charge in [-0.15, -0.1) is 0 Å². The number of amides is 1. The summed E-state index contributed by atoms with van der Waals surface area (Å²) < 4.78 is 37.8. The van der Waals surface area contributed by atoms with Gasteiger partial charge >= 0.3 is 0 Å². The molecule has 0 saturated carbocycles. The van der Waals surface area contributed by atoms with E-state index in [1.807, 2.05) is 0 Å². The number of fused-ring (bicyclic) bond motifs is 1. The van der Waals surface area contributed by atoms with E-state index in [1.54, 1.807) is 37.4 Å². The maximum Gasteiger partial charge on any atom is 0.223 e. The Morgan fingerprint density at radius 1 is 1.12 bits per heavy atom. The topological polar surface area (TPSA) is 70.2 Å². The van der Waals surface area contributed by atoms with Crippen LogP contribution in [-0.2, 0) is 21.2 Å². The number of halogens is 1. The van der Waals surface area contributed by atoms with Gasteiger partial charge in [0.25, 0.3) is 0 Å². The lowest BCUT2D eigenvalue weighted by atomic mass is 10.2. The highest BCUT2D eigenvalue weighted by atomic mass is 32.2. The first-order valence-electron chi connectivity index (χ1n) is 8.14. The predicted octanol–water partition coefficient (Wildman–Crippen LogP) is 3.13. The van der Waals surface area contributed by atoms with Crippen LogP contribution in [0.3, 0.4) is 0 Å². The van der Waals surface area contributed by atoms with Crippen molar-refractivity contribution in [3.8, 4) is 0 Å². The molecule has 1 aromatic heterocycles. The minimum Gasteiger partial charge on any atom is -0.357 e. The van der Waals surface area contributed by atoms with Gasteiger partial charge in [0.2, 0.25) is 5.91 Å². The van der Waals surface area contributed by atoms with Gasteiger partial charge in [0, 0.05) is 30.1 Å². The van der Waals surface area contributed by atoms with Crippen molar-refractivity contribution in [2.75, 3.05) is 12.8 Å². The zero-order valence-electron chi connectivity index (χ0n) is 14.3. The summed E-state index contributed by atoms with van der Waals surface area (Å²) in [6.45, 7) is 0.292. The summed E-state index contributed by atoms with van der Waals surface area (Å²) in [5, 5.41) is 0.729. The van der Waals surface area contributed by atoms with E-state index in [1.165, 1.54) is 29.2 Å². The predicted molar refractivity (Wildman–Crippen MR) is 97.8 cm³/mol. The molecular formula is C19H19FN2O3S. The lowest BCUT2D eigenvalue weighted by Crippen LogP contribution is -2.28. The number of carbonyl (C=O) groups excluding carboxylic acids is 1. The number of carbonyl (C=O) groups is 1. The lowest BCUT2D eigenvalue weighted by Gasteiger charge is -2.16. The minimum absolute atomic E-state index is 0.0947. The van der Waals surface area contributed by atoms with Crippen LogP contribution in [0.2, 0.25) is 0 Å². The zero-order chi connectivity index (χ0) is 18.7. The molecule has 0 spiro atoms. The highest BCUT2D eigenvalue weighted by molar-refractivity contribution is 7.91. The van der Waals surface area contributed by atoms with Crippen LogP contribution in [0.25, 0.3) is 10.9 Å². The lowest BCUT2D eigenvalue weighted by molar-refractivity contribution is -0.130. The highest BCUT2D eigenvalue weighted by Crippen LogP contribution is 2.18. The van der Waals surface area contributed by atoms with Crippen molar-refractivity contribution < 1.29 is 17.6 Å². The Morgan fingerprint density at radius 3 is 2.58 bits per heavy atom. The van der Waals surface area contributed by atoms with Gasteiger partial charge in [0.15, 0.2) is 9.84 Å². The third-order valence-electron chi connectivity index (χ3n) is 4.16. The molecule has 0 aliphatic heterocycles. The van der Waals surface area contributed by atoms with Gasteiger partial charge in [-0.2, -0.15) is 0 Å². The van der Waals surface area contributed by atoms with E-state index in [-0.39, 0.29) is 28.8 Å². The number of benzene rings is 2. The second kappa shape index (κ2) is 7.29. The highest BCUT2D eigenvalue weighted by Gasteiger charge is 2.18. The van der Waals surface area contributed by atoms with Crippen molar-refractivity contribution in [3.63, 3.8) is 0 Å². The molecule has 0 radical (unpaired) electrons. The average Bonchev–Trinajstić information content (AvgIpc) is 3.01. The summed E-state index contributed by atoms with van der Waals surface area (Å²) in [7, 11) is -1.87. The van der Waals surface area contributed by atoms with Crippen LogP contribution >= 0.6 is 0 Å². The van der Waals surface area contributed by atoms with Crippen molar-refractivity contribution in [2.24, 2.45) is 0 Å². The molecule has 0 bridgehead atoms. The van der Waals surface area contributed by atoms with E-state index in [0.717, 1.165) is 16.6 Å². The normalized spacial score (nSPS) is 11.6. The Morgan fingerprint density at radius 2 is 1.85 bits per heavy atom. The fourth-order valence-electron chi connectivity index (χ4n) is 2.75. The molecule has 1 amide bonds. The van der Waals surface area contributed by atoms with Gasteiger partial charge in [-0.1, -0.05) is 18.2 Å². The van der Waals surface area contributed by atoms with Crippen molar-refractivity contribution in [2.45, 2.75) is 17.9 Å². The monoisotopic (exact) mass is 374 g/mol. The summed E-state index contributed by atoms with van der Waals surface area (Å²) in [6.07, 6.45) is -0.0947. The van der Waals surface area contributed by atoms with Crippen LogP contribution in [-0.4, -0.2) is 37.0 Å². The van der Waals surface area contributed by atoms with Crippen molar-refractivity contribution >= 4 is 26.6 Å². The summed E-state index contributed by atoms with van der Waals surface area (Å²) in [5.41, 5.74) is 1.54. The van der Waals surface area contributed by atoms with Crippen molar-refractivity contribution in [1.29, 1.82) is 0 Å². The van der Waals surface area contributed by atoms with Gasteiger partial charge in [-0.3, -0.25) is 4.79 Å². The number of rotatable bonds is 6. The third-order valence-corrected chi connectivity index (χ3v) is 5.89. The number of aromatic nitrogens is 1. The average molecular weight is 374 g/mol. The molecule has 3 aromatic rings. The minimum atomic E-state index is -3.48. The smallest absolute Gasteiger partial charge is 0.223 e. The molecule has 0 saturated heterocycles. The first-order chi connectivity index (χ1) is 12.3. The molecule has 0 aliphatic carbocycles. The Kier molecular flexibility index (Phi) is 5.08. The first kappa shape index (κ1) is 18.1. The Hall–Kier alpha value is -2.67.